The van der Waals surface area contributed by atoms with Gasteiger partial charge in [-0.1, -0.05) is 0 Å². The number of carboxylic acids is 1. The van der Waals surface area contributed by atoms with Crippen molar-refractivity contribution in [3.8, 4) is 0 Å². The average Bonchev–Trinajstić information content (AvgIpc) is 2.69. The van der Waals surface area contributed by atoms with Crippen molar-refractivity contribution in [2.75, 3.05) is 11.9 Å². The standard InChI is InChI=1S/C13H17N3O4/c1-8-13(2,3-4-20-8)16-12(19)15-10-5-9(11(17)18)6-14-7-10/h5-8H,3-4H2,1-2H3,(H,17,18)(H2,15,16,19). The highest BCUT2D eigenvalue weighted by Crippen LogP contribution is 2.25. The second-order valence-corrected chi connectivity index (χ2v) is 5.03. The van der Waals surface area contributed by atoms with Gasteiger partial charge in [0.1, 0.15) is 0 Å². The van der Waals surface area contributed by atoms with E-state index in [-0.39, 0.29) is 11.7 Å². The summed E-state index contributed by atoms with van der Waals surface area (Å²) in [7, 11) is 0. The lowest BCUT2D eigenvalue weighted by atomic mass is 9.95. The molecular formula is C13H17N3O4. The molecule has 2 heterocycles. The fourth-order valence-electron chi connectivity index (χ4n) is 2.05. The Bertz CT molecular complexity index is 534. The van der Waals surface area contributed by atoms with Gasteiger partial charge in [-0.25, -0.2) is 9.59 Å². The molecule has 2 amide bonds. The van der Waals surface area contributed by atoms with E-state index in [1.807, 2.05) is 13.8 Å². The molecule has 7 heteroatoms. The van der Waals surface area contributed by atoms with Gasteiger partial charge in [-0.3, -0.25) is 4.98 Å². The van der Waals surface area contributed by atoms with Crippen molar-refractivity contribution in [3.05, 3.63) is 24.0 Å². The Labute approximate surface area is 116 Å². The number of carbonyl (C=O) groups excluding carboxylic acids is 1. The number of nitrogens with one attached hydrogen (secondary N) is 2. The van der Waals surface area contributed by atoms with Gasteiger partial charge in [0, 0.05) is 12.8 Å². The van der Waals surface area contributed by atoms with Gasteiger partial charge in [0.05, 0.1) is 29.1 Å². The molecule has 2 rings (SSSR count). The summed E-state index contributed by atoms with van der Waals surface area (Å²) >= 11 is 0. The van der Waals surface area contributed by atoms with Crippen LogP contribution in [0.2, 0.25) is 0 Å². The maximum atomic E-state index is 11.9. The van der Waals surface area contributed by atoms with Crippen molar-refractivity contribution in [1.29, 1.82) is 0 Å². The SMILES string of the molecule is CC1OCCC1(C)NC(=O)Nc1cncc(C(=O)O)c1. The molecule has 1 aliphatic heterocycles. The highest BCUT2D eigenvalue weighted by Gasteiger charge is 2.38. The largest absolute Gasteiger partial charge is 0.478 e. The lowest BCUT2D eigenvalue weighted by Gasteiger charge is -2.28. The number of aromatic carboxylic acids is 1. The van der Waals surface area contributed by atoms with Gasteiger partial charge in [0.25, 0.3) is 0 Å². The Kier molecular flexibility index (Phi) is 3.89. The zero-order valence-corrected chi connectivity index (χ0v) is 11.3. The first-order valence-corrected chi connectivity index (χ1v) is 6.30. The summed E-state index contributed by atoms with van der Waals surface area (Å²) in [6.07, 6.45) is 3.27. The lowest BCUT2D eigenvalue weighted by Crippen LogP contribution is -2.52. The van der Waals surface area contributed by atoms with E-state index in [2.05, 4.69) is 15.6 Å². The monoisotopic (exact) mass is 279 g/mol. The van der Waals surface area contributed by atoms with Crippen molar-refractivity contribution < 1.29 is 19.4 Å². The Morgan fingerprint density at radius 2 is 2.25 bits per heavy atom. The Hall–Kier alpha value is -2.15. The molecule has 2 atom stereocenters. The van der Waals surface area contributed by atoms with Crippen molar-refractivity contribution in [1.82, 2.24) is 10.3 Å². The van der Waals surface area contributed by atoms with Crippen LogP contribution in [0.1, 0.15) is 30.6 Å². The highest BCUT2D eigenvalue weighted by atomic mass is 16.5. The third-order valence-corrected chi connectivity index (χ3v) is 3.53. The first kappa shape index (κ1) is 14.3. The fraction of sp³-hybridized carbons (Fsp3) is 0.462. The Morgan fingerprint density at radius 1 is 1.50 bits per heavy atom. The van der Waals surface area contributed by atoms with Crippen molar-refractivity contribution in [2.45, 2.75) is 31.9 Å². The second kappa shape index (κ2) is 5.46. The number of ether oxygens (including phenoxy) is 1. The highest BCUT2D eigenvalue weighted by molar-refractivity contribution is 5.92. The first-order chi connectivity index (χ1) is 9.40. The molecule has 0 spiro atoms. The number of anilines is 1. The zero-order valence-electron chi connectivity index (χ0n) is 11.3. The van der Waals surface area contributed by atoms with Crippen LogP contribution >= 0.6 is 0 Å². The van der Waals surface area contributed by atoms with E-state index < -0.39 is 17.5 Å². The van der Waals surface area contributed by atoms with Crippen molar-refractivity contribution in [3.63, 3.8) is 0 Å². The predicted molar refractivity (Wildman–Crippen MR) is 71.8 cm³/mol. The van der Waals surface area contributed by atoms with Crippen molar-refractivity contribution >= 4 is 17.7 Å². The number of amides is 2. The molecule has 1 fully saturated rings. The quantitative estimate of drug-likeness (QED) is 0.777. The predicted octanol–water partition coefficient (Wildman–Crippen LogP) is 1.47. The lowest BCUT2D eigenvalue weighted by molar-refractivity contribution is 0.0696. The van der Waals surface area contributed by atoms with Crippen LogP contribution in [0.25, 0.3) is 0 Å². The summed E-state index contributed by atoms with van der Waals surface area (Å²) in [5.74, 6) is -1.09. The number of urea groups is 1. The summed E-state index contributed by atoms with van der Waals surface area (Å²) in [6.45, 7) is 4.42. The molecule has 0 aliphatic carbocycles. The maximum absolute atomic E-state index is 11.9. The average molecular weight is 279 g/mol. The summed E-state index contributed by atoms with van der Waals surface area (Å²) in [4.78, 5) is 26.5. The van der Waals surface area contributed by atoms with Crippen LogP contribution in [0, 0.1) is 0 Å². The van der Waals surface area contributed by atoms with Crippen LogP contribution in [0.3, 0.4) is 0 Å². The molecule has 108 valence electrons. The molecule has 1 aromatic rings. The summed E-state index contributed by atoms with van der Waals surface area (Å²) in [6, 6.07) is 0.945. The second-order valence-electron chi connectivity index (χ2n) is 5.03. The summed E-state index contributed by atoms with van der Waals surface area (Å²) in [5, 5.41) is 14.3. The molecular weight excluding hydrogens is 262 g/mol. The van der Waals surface area contributed by atoms with Crippen LogP contribution in [0.5, 0.6) is 0 Å². The molecule has 0 saturated carbocycles. The van der Waals surface area contributed by atoms with Gasteiger partial charge >= 0.3 is 12.0 Å². The number of rotatable bonds is 3. The molecule has 2 unspecified atom stereocenters. The number of hydrogen-bond donors (Lipinski definition) is 3. The normalized spacial score (nSPS) is 25.2. The van der Waals surface area contributed by atoms with E-state index in [0.29, 0.717) is 12.3 Å². The Morgan fingerprint density at radius 3 is 2.85 bits per heavy atom. The molecule has 0 aromatic carbocycles. The zero-order chi connectivity index (χ0) is 14.8. The van der Waals surface area contributed by atoms with E-state index in [9.17, 15) is 9.59 Å². The minimum absolute atomic E-state index is 0.0200. The van der Waals surface area contributed by atoms with Crippen LogP contribution in [0.15, 0.2) is 18.5 Å². The molecule has 7 nitrogen and oxygen atoms in total. The van der Waals surface area contributed by atoms with Gasteiger partial charge in [0.2, 0.25) is 0 Å². The van der Waals surface area contributed by atoms with Crippen LogP contribution in [-0.4, -0.2) is 40.3 Å². The number of nitrogens with zero attached hydrogens (tertiary/aromatic N) is 1. The third-order valence-electron chi connectivity index (χ3n) is 3.53. The minimum Gasteiger partial charge on any atom is -0.478 e. The van der Waals surface area contributed by atoms with Crippen LogP contribution in [0.4, 0.5) is 10.5 Å². The van der Waals surface area contributed by atoms with Gasteiger partial charge in [0.15, 0.2) is 0 Å². The molecule has 1 saturated heterocycles. The van der Waals surface area contributed by atoms with E-state index in [1.54, 1.807) is 0 Å². The third kappa shape index (κ3) is 3.05. The molecule has 0 radical (unpaired) electrons. The summed E-state index contributed by atoms with van der Waals surface area (Å²) in [5.41, 5.74) is -0.0776. The van der Waals surface area contributed by atoms with Gasteiger partial charge in [-0.05, 0) is 26.3 Å². The van der Waals surface area contributed by atoms with Gasteiger partial charge in [-0.15, -0.1) is 0 Å². The topological polar surface area (TPSA) is 101 Å². The fourth-order valence-corrected chi connectivity index (χ4v) is 2.05. The molecule has 1 aliphatic rings. The molecule has 1 aromatic heterocycles. The van der Waals surface area contributed by atoms with Crippen LogP contribution < -0.4 is 10.6 Å². The van der Waals surface area contributed by atoms with Crippen molar-refractivity contribution in [2.24, 2.45) is 0 Å². The smallest absolute Gasteiger partial charge is 0.337 e. The van der Waals surface area contributed by atoms with Gasteiger partial charge < -0.3 is 20.5 Å². The molecule has 3 N–H and O–H groups in total. The number of pyridine rings is 1. The number of hydrogen-bond acceptors (Lipinski definition) is 4. The molecule has 20 heavy (non-hydrogen) atoms. The van der Waals surface area contributed by atoms with Crippen LogP contribution in [-0.2, 0) is 4.74 Å². The Balaban J connectivity index is 2.01. The number of carbonyl (C=O) groups is 2. The number of carboxylic acid groups (broad SMARTS) is 1. The van der Waals surface area contributed by atoms with E-state index in [4.69, 9.17) is 9.84 Å². The van der Waals surface area contributed by atoms with E-state index in [0.717, 1.165) is 6.42 Å². The molecule has 0 bridgehead atoms. The number of aromatic nitrogens is 1. The van der Waals surface area contributed by atoms with E-state index >= 15 is 0 Å². The minimum atomic E-state index is -1.09. The first-order valence-electron chi connectivity index (χ1n) is 6.30. The maximum Gasteiger partial charge on any atom is 0.337 e. The van der Waals surface area contributed by atoms with E-state index in [1.165, 1.54) is 18.5 Å². The van der Waals surface area contributed by atoms with Gasteiger partial charge in [-0.2, -0.15) is 0 Å². The summed E-state index contributed by atoms with van der Waals surface area (Å²) < 4.78 is 5.44.